The molecule has 0 radical (unpaired) electrons. The fourth-order valence-electron chi connectivity index (χ4n) is 6.32. The van der Waals surface area contributed by atoms with Crippen LogP contribution in [0.1, 0.15) is 65.0 Å². The molecule has 0 amide bonds. The average Bonchev–Trinajstić information content (AvgIpc) is 3.33. The second-order valence-electron chi connectivity index (χ2n) is 9.49. The van der Waals surface area contributed by atoms with Crippen molar-refractivity contribution in [3.05, 3.63) is 35.8 Å². The molecule has 1 aromatic heterocycles. The molecular weight excluding hydrogens is 400 g/mol. The first-order valence-electron chi connectivity index (χ1n) is 10.9. The first-order valence-corrected chi connectivity index (χ1v) is 10.9. The van der Waals surface area contributed by atoms with Gasteiger partial charge in [0.1, 0.15) is 18.8 Å². The Morgan fingerprint density at radius 2 is 2.06 bits per heavy atom. The summed E-state index contributed by atoms with van der Waals surface area (Å²) in [5.41, 5.74) is 0.626. The second-order valence-corrected chi connectivity index (χ2v) is 9.49. The Morgan fingerprint density at radius 1 is 1.29 bits per heavy atom. The molecule has 1 unspecified atom stereocenters. The van der Waals surface area contributed by atoms with Crippen LogP contribution in [0.4, 0.5) is 0 Å². The minimum atomic E-state index is -0.496. The van der Waals surface area contributed by atoms with E-state index >= 15 is 0 Å². The Hall–Kier alpha value is -2.57. The maximum Gasteiger partial charge on any atom is 0.334 e. The Labute approximate surface area is 182 Å². The standard InChI is InChI=1S/C24H30O7/c1-14-19(30-15(2)25)11-24-13-29-22(27)18(24)6-5-7-21(24)23(14,4)10-20(31-16(3)26)17-8-9-28-12-17/h6,8-9,12,14,19-21H,5,7,10-11,13H2,1-4H3/t14-,19-,20?,21-,23+,24-/m1/s1. The van der Waals surface area contributed by atoms with Crippen molar-refractivity contribution in [1.29, 1.82) is 0 Å². The third kappa shape index (κ3) is 3.58. The fourth-order valence-corrected chi connectivity index (χ4v) is 6.32. The molecule has 168 valence electrons. The highest BCUT2D eigenvalue weighted by molar-refractivity contribution is 5.92. The van der Waals surface area contributed by atoms with Gasteiger partial charge in [-0.15, -0.1) is 0 Å². The number of carbonyl (C=O) groups is 3. The van der Waals surface area contributed by atoms with Crippen molar-refractivity contribution in [2.24, 2.45) is 22.7 Å². The van der Waals surface area contributed by atoms with Gasteiger partial charge in [-0.1, -0.05) is 19.9 Å². The van der Waals surface area contributed by atoms with Crippen LogP contribution in [0.15, 0.2) is 34.7 Å². The van der Waals surface area contributed by atoms with Gasteiger partial charge in [-0.3, -0.25) is 9.59 Å². The lowest BCUT2D eigenvalue weighted by molar-refractivity contribution is -0.178. The van der Waals surface area contributed by atoms with Gasteiger partial charge in [0.15, 0.2) is 0 Å². The highest BCUT2D eigenvalue weighted by Crippen LogP contribution is 2.65. The third-order valence-corrected chi connectivity index (χ3v) is 7.81. The number of carbonyl (C=O) groups excluding carboxylic acids is 3. The van der Waals surface area contributed by atoms with Crippen LogP contribution in [0.3, 0.4) is 0 Å². The lowest BCUT2D eigenvalue weighted by Gasteiger charge is -2.58. The van der Waals surface area contributed by atoms with Gasteiger partial charge in [-0.05, 0) is 49.0 Å². The molecule has 6 atom stereocenters. The van der Waals surface area contributed by atoms with Crippen LogP contribution in [-0.2, 0) is 28.6 Å². The molecule has 1 spiro atoms. The molecule has 1 aromatic rings. The largest absolute Gasteiger partial charge is 0.472 e. The molecule has 7 heteroatoms. The Kier molecular flexibility index (Phi) is 5.48. The summed E-state index contributed by atoms with van der Waals surface area (Å²) in [4.78, 5) is 36.4. The van der Waals surface area contributed by atoms with Gasteiger partial charge in [0.05, 0.1) is 12.5 Å². The normalized spacial score (nSPS) is 35.3. The topological polar surface area (TPSA) is 92.0 Å². The van der Waals surface area contributed by atoms with Gasteiger partial charge in [-0.2, -0.15) is 0 Å². The average molecular weight is 430 g/mol. The van der Waals surface area contributed by atoms with Crippen LogP contribution in [-0.4, -0.2) is 30.6 Å². The van der Waals surface area contributed by atoms with Crippen molar-refractivity contribution in [1.82, 2.24) is 0 Å². The van der Waals surface area contributed by atoms with Crippen LogP contribution in [0.5, 0.6) is 0 Å². The quantitative estimate of drug-likeness (QED) is 0.512. The number of allylic oxidation sites excluding steroid dienone is 1. The van der Waals surface area contributed by atoms with Gasteiger partial charge in [-0.25, -0.2) is 4.79 Å². The summed E-state index contributed by atoms with van der Waals surface area (Å²) in [6.45, 7) is 7.37. The summed E-state index contributed by atoms with van der Waals surface area (Å²) in [6.07, 6.45) is 7.07. The number of hydrogen-bond donors (Lipinski definition) is 0. The van der Waals surface area contributed by atoms with Crippen molar-refractivity contribution in [3.8, 4) is 0 Å². The Morgan fingerprint density at radius 3 is 2.71 bits per heavy atom. The molecule has 2 fully saturated rings. The van der Waals surface area contributed by atoms with Crippen LogP contribution >= 0.6 is 0 Å². The molecule has 31 heavy (non-hydrogen) atoms. The van der Waals surface area contributed by atoms with E-state index in [0.717, 1.165) is 18.4 Å². The van der Waals surface area contributed by atoms with Gasteiger partial charge in [0, 0.05) is 30.4 Å². The molecule has 1 saturated carbocycles. The SMILES string of the molecule is CC(=O)OC(C[C@@]1(C)[C@H](C)[C@H](OC(C)=O)C[C@@]23COC(=O)C2=CCC[C@@H]31)c1ccoc1. The number of furan rings is 1. The van der Waals surface area contributed by atoms with Gasteiger partial charge in [0.25, 0.3) is 0 Å². The van der Waals surface area contributed by atoms with E-state index in [0.29, 0.717) is 25.0 Å². The molecule has 2 heterocycles. The third-order valence-electron chi connectivity index (χ3n) is 7.81. The summed E-state index contributed by atoms with van der Waals surface area (Å²) in [7, 11) is 0. The predicted molar refractivity (Wildman–Crippen MR) is 109 cm³/mol. The summed E-state index contributed by atoms with van der Waals surface area (Å²) >= 11 is 0. The molecule has 1 saturated heterocycles. The minimum Gasteiger partial charge on any atom is -0.472 e. The lowest BCUT2D eigenvalue weighted by Crippen LogP contribution is -2.57. The summed E-state index contributed by atoms with van der Waals surface area (Å²) in [5.74, 6) is -0.861. The van der Waals surface area contributed by atoms with Gasteiger partial charge < -0.3 is 18.6 Å². The van der Waals surface area contributed by atoms with Crippen LogP contribution in [0.25, 0.3) is 0 Å². The van der Waals surface area contributed by atoms with E-state index in [2.05, 4.69) is 13.8 Å². The van der Waals surface area contributed by atoms with E-state index in [1.807, 2.05) is 6.08 Å². The number of cyclic esters (lactones) is 1. The van der Waals surface area contributed by atoms with Crippen molar-refractivity contribution in [2.75, 3.05) is 6.61 Å². The molecule has 2 aliphatic carbocycles. The molecule has 7 nitrogen and oxygen atoms in total. The fraction of sp³-hybridized carbons (Fsp3) is 0.625. The molecule has 1 aliphatic heterocycles. The Balaban J connectivity index is 1.77. The van der Waals surface area contributed by atoms with E-state index in [4.69, 9.17) is 18.6 Å². The molecule has 0 bridgehead atoms. The zero-order valence-electron chi connectivity index (χ0n) is 18.5. The van der Waals surface area contributed by atoms with E-state index in [1.165, 1.54) is 13.8 Å². The van der Waals surface area contributed by atoms with Crippen molar-refractivity contribution in [3.63, 3.8) is 0 Å². The van der Waals surface area contributed by atoms with Crippen LogP contribution < -0.4 is 0 Å². The van der Waals surface area contributed by atoms with Crippen LogP contribution in [0, 0.1) is 22.7 Å². The first kappa shape index (κ1) is 21.7. The van der Waals surface area contributed by atoms with E-state index < -0.39 is 11.5 Å². The van der Waals surface area contributed by atoms with E-state index in [-0.39, 0.29) is 41.3 Å². The summed E-state index contributed by atoms with van der Waals surface area (Å²) in [5, 5.41) is 0. The molecule has 0 aromatic carbocycles. The van der Waals surface area contributed by atoms with Crippen LogP contribution in [0.2, 0.25) is 0 Å². The summed E-state index contributed by atoms with van der Waals surface area (Å²) < 4.78 is 22.3. The maximum absolute atomic E-state index is 12.6. The van der Waals surface area contributed by atoms with Crippen molar-refractivity contribution < 1.29 is 33.0 Å². The van der Waals surface area contributed by atoms with E-state index in [1.54, 1.807) is 18.6 Å². The number of ether oxygens (including phenoxy) is 3. The summed E-state index contributed by atoms with van der Waals surface area (Å²) in [6, 6.07) is 1.80. The highest BCUT2D eigenvalue weighted by Gasteiger charge is 2.64. The minimum absolute atomic E-state index is 0.00737. The smallest absolute Gasteiger partial charge is 0.334 e. The van der Waals surface area contributed by atoms with E-state index in [9.17, 15) is 14.4 Å². The number of rotatable bonds is 5. The highest BCUT2D eigenvalue weighted by atomic mass is 16.6. The van der Waals surface area contributed by atoms with Gasteiger partial charge in [0.2, 0.25) is 0 Å². The van der Waals surface area contributed by atoms with Crippen molar-refractivity contribution >= 4 is 17.9 Å². The Bertz CT molecular complexity index is 901. The number of hydrogen-bond acceptors (Lipinski definition) is 7. The zero-order chi connectivity index (χ0) is 22.4. The second kappa shape index (κ2) is 7.84. The molecule has 0 N–H and O–H groups in total. The van der Waals surface area contributed by atoms with Crippen molar-refractivity contribution in [2.45, 2.75) is 65.6 Å². The van der Waals surface area contributed by atoms with Gasteiger partial charge >= 0.3 is 17.9 Å². The zero-order valence-corrected chi connectivity index (χ0v) is 18.5. The first-order chi connectivity index (χ1) is 14.7. The predicted octanol–water partition coefficient (Wildman–Crippen LogP) is 4.13. The molecule has 3 aliphatic rings. The number of esters is 3. The monoisotopic (exact) mass is 430 g/mol. The maximum atomic E-state index is 12.6. The lowest BCUT2D eigenvalue weighted by atomic mass is 9.46. The molecule has 4 rings (SSSR count). The molecular formula is C24H30O7.